The van der Waals surface area contributed by atoms with Gasteiger partial charge in [0, 0.05) is 12.2 Å². The summed E-state index contributed by atoms with van der Waals surface area (Å²) >= 11 is 0. The normalized spacial score (nSPS) is 10.5. The van der Waals surface area contributed by atoms with E-state index in [4.69, 9.17) is 10.5 Å². The van der Waals surface area contributed by atoms with E-state index in [0.717, 1.165) is 0 Å². The fourth-order valence-corrected chi connectivity index (χ4v) is 1.41. The average Bonchev–Trinajstić information content (AvgIpc) is 2.37. The number of nitrogens with one attached hydrogen (secondary N) is 1. The van der Waals surface area contributed by atoms with Crippen LogP contribution in [0.25, 0.3) is 0 Å². The molecule has 3 N–H and O–H groups in total. The lowest BCUT2D eigenvalue weighted by atomic mass is 10.1. The number of alkyl halides is 2. The van der Waals surface area contributed by atoms with Crippen LogP contribution in [0.1, 0.15) is 10.4 Å². The summed E-state index contributed by atoms with van der Waals surface area (Å²) in [6, 6.07) is 4.67. The zero-order valence-corrected chi connectivity index (χ0v) is 10.5. The fraction of sp³-hybridized carbons (Fsp3) is 0.417. The summed E-state index contributed by atoms with van der Waals surface area (Å²) in [4.78, 5) is 11.8. The van der Waals surface area contributed by atoms with Gasteiger partial charge in [-0.1, -0.05) is 0 Å². The highest BCUT2D eigenvalue weighted by Gasteiger charge is 2.12. The van der Waals surface area contributed by atoms with E-state index in [1.54, 1.807) is 12.1 Å². The van der Waals surface area contributed by atoms with Crippen LogP contribution in [0.3, 0.4) is 0 Å². The van der Waals surface area contributed by atoms with Crippen molar-refractivity contribution in [1.29, 1.82) is 0 Å². The second-order valence-electron chi connectivity index (χ2n) is 3.68. The monoisotopic (exact) mass is 274 g/mol. The van der Waals surface area contributed by atoms with Crippen molar-refractivity contribution < 1.29 is 23.0 Å². The van der Waals surface area contributed by atoms with Gasteiger partial charge in [-0.15, -0.1) is 0 Å². The van der Waals surface area contributed by atoms with Crippen LogP contribution in [-0.4, -0.2) is 39.2 Å². The van der Waals surface area contributed by atoms with E-state index in [1.807, 2.05) is 0 Å². The zero-order chi connectivity index (χ0) is 14.3. The Balaban J connectivity index is 2.47. The predicted molar refractivity (Wildman–Crippen MR) is 66.6 cm³/mol. The second-order valence-corrected chi connectivity index (χ2v) is 3.68. The highest BCUT2D eigenvalue weighted by molar-refractivity contribution is 5.97. The number of halogens is 2. The van der Waals surface area contributed by atoms with Gasteiger partial charge in [0.25, 0.3) is 12.3 Å². The molecule has 0 unspecified atom stereocenters. The van der Waals surface area contributed by atoms with Crippen molar-refractivity contribution in [3.05, 3.63) is 23.8 Å². The number of hydrogen-bond donors (Lipinski definition) is 2. The van der Waals surface area contributed by atoms with Crippen LogP contribution in [0.4, 0.5) is 14.5 Å². The Bertz CT molecular complexity index is 427. The number of rotatable bonds is 7. The summed E-state index contributed by atoms with van der Waals surface area (Å²) in [5.74, 6) is -0.00926. The van der Waals surface area contributed by atoms with Crippen LogP contribution < -0.4 is 15.8 Å². The SMILES string of the molecule is COc1ccc(N)cc1C(=O)NCCOCC(F)F. The summed E-state index contributed by atoms with van der Waals surface area (Å²) in [6.07, 6.45) is -2.51. The van der Waals surface area contributed by atoms with Crippen molar-refractivity contribution in [3.63, 3.8) is 0 Å². The molecule has 0 aromatic heterocycles. The lowest BCUT2D eigenvalue weighted by Gasteiger charge is -2.10. The molecule has 0 spiro atoms. The van der Waals surface area contributed by atoms with Crippen LogP contribution in [0.2, 0.25) is 0 Å². The van der Waals surface area contributed by atoms with E-state index in [0.29, 0.717) is 11.4 Å². The minimum absolute atomic E-state index is 0.0146. The van der Waals surface area contributed by atoms with Crippen molar-refractivity contribution in [2.24, 2.45) is 0 Å². The van der Waals surface area contributed by atoms with Crippen LogP contribution >= 0.6 is 0 Å². The molecule has 1 aromatic carbocycles. The van der Waals surface area contributed by atoms with Gasteiger partial charge in [-0.2, -0.15) is 0 Å². The highest BCUT2D eigenvalue weighted by Crippen LogP contribution is 2.20. The third-order valence-corrected chi connectivity index (χ3v) is 2.24. The number of ether oxygens (including phenoxy) is 2. The van der Waals surface area contributed by atoms with E-state index < -0.39 is 18.9 Å². The first-order valence-electron chi connectivity index (χ1n) is 5.62. The third-order valence-electron chi connectivity index (χ3n) is 2.24. The molecular weight excluding hydrogens is 258 g/mol. The summed E-state index contributed by atoms with van der Waals surface area (Å²) in [5, 5.41) is 2.53. The summed E-state index contributed by atoms with van der Waals surface area (Å²) in [5.41, 5.74) is 6.30. The van der Waals surface area contributed by atoms with E-state index in [-0.39, 0.29) is 18.7 Å². The molecular formula is C12H16F2N2O3. The molecule has 7 heteroatoms. The first-order chi connectivity index (χ1) is 9.04. The first kappa shape index (κ1) is 15.2. The van der Waals surface area contributed by atoms with E-state index in [1.165, 1.54) is 13.2 Å². The van der Waals surface area contributed by atoms with Crippen LogP contribution in [0, 0.1) is 0 Å². The topological polar surface area (TPSA) is 73.6 Å². The largest absolute Gasteiger partial charge is 0.496 e. The van der Waals surface area contributed by atoms with Gasteiger partial charge >= 0.3 is 0 Å². The Kier molecular flexibility index (Phi) is 6.01. The Morgan fingerprint density at radius 2 is 2.21 bits per heavy atom. The van der Waals surface area contributed by atoms with Crippen molar-refractivity contribution in [2.45, 2.75) is 6.43 Å². The number of carbonyl (C=O) groups is 1. The lowest BCUT2D eigenvalue weighted by molar-refractivity contribution is 0.0188. The Morgan fingerprint density at radius 1 is 1.47 bits per heavy atom. The van der Waals surface area contributed by atoms with Gasteiger partial charge in [0.05, 0.1) is 19.3 Å². The number of hydrogen-bond acceptors (Lipinski definition) is 4. The average molecular weight is 274 g/mol. The van der Waals surface area contributed by atoms with Crippen molar-refractivity contribution >= 4 is 11.6 Å². The number of methoxy groups -OCH3 is 1. The van der Waals surface area contributed by atoms with Gasteiger partial charge < -0.3 is 20.5 Å². The van der Waals surface area contributed by atoms with E-state index in [9.17, 15) is 13.6 Å². The van der Waals surface area contributed by atoms with Gasteiger partial charge in [-0.05, 0) is 18.2 Å². The molecule has 0 radical (unpaired) electrons. The van der Waals surface area contributed by atoms with Gasteiger partial charge in [-0.3, -0.25) is 4.79 Å². The summed E-state index contributed by atoms with van der Waals surface area (Å²) in [7, 11) is 1.44. The maximum absolute atomic E-state index is 11.8. The fourth-order valence-electron chi connectivity index (χ4n) is 1.41. The minimum atomic E-state index is -2.51. The number of carbonyl (C=O) groups excluding carboxylic acids is 1. The number of anilines is 1. The molecule has 1 rings (SSSR count). The molecule has 106 valence electrons. The van der Waals surface area contributed by atoms with Crippen LogP contribution in [0.15, 0.2) is 18.2 Å². The molecule has 1 aromatic rings. The molecule has 0 heterocycles. The minimum Gasteiger partial charge on any atom is -0.496 e. The molecule has 0 aliphatic heterocycles. The summed E-state index contributed by atoms with van der Waals surface area (Å²) < 4.78 is 33.2. The van der Waals surface area contributed by atoms with Gasteiger partial charge in [0.15, 0.2) is 0 Å². The molecule has 0 saturated carbocycles. The van der Waals surface area contributed by atoms with Gasteiger partial charge in [0.1, 0.15) is 12.4 Å². The molecule has 0 atom stereocenters. The van der Waals surface area contributed by atoms with Gasteiger partial charge in [-0.25, -0.2) is 8.78 Å². The molecule has 0 fully saturated rings. The smallest absolute Gasteiger partial charge is 0.261 e. The Morgan fingerprint density at radius 3 is 2.84 bits per heavy atom. The maximum atomic E-state index is 11.8. The van der Waals surface area contributed by atoms with Crippen molar-refractivity contribution in [1.82, 2.24) is 5.32 Å². The standard InChI is InChI=1S/C12H16F2N2O3/c1-18-10-3-2-8(15)6-9(10)12(17)16-4-5-19-7-11(13)14/h2-3,6,11H,4-5,7,15H2,1H3,(H,16,17). The molecule has 1 amide bonds. The molecule has 19 heavy (non-hydrogen) atoms. The molecule has 0 saturated heterocycles. The predicted octanol–water partition coefficient (Wildman–Crippen LogP) is 1.29. The van der Waals surface area contributed by atoms with Crippen molar-refractivity contribution in [2.75, 3.05) is 32.6 Å². The van der Waals surface area contributed by atoms with Crippen molar-refractivity contribution in [3.8, 4) is 5.75 Å². The number of nitrogens with two attached hydrogens (primary N) is 1. The third kappa shape index (κ3) is 5.09. The Labute approximate surface area is 109 Å². The van der Waals surface area contributed by atoms with Crippen LogP contribution in [-0.2, 0) is 4.74 Å². The van der Waals surface area contributed by atoms with Crippen LogP contribution in [0.5, 0.6) is 5.75 Å². The quantitative estimate of drug-likeness (QED) is 0.580. The highest BCUT2D eigenvalue weighted by atomic mass is 19.3. The zero-order valence-electron chi connectivity index (χ0n) is 10.5. The molecule has 0 bridgehead atoms. The molecule has 0 aliphatic rings. The second kappa shape index (κ2) is 7.52. The Hall–Kier alpha value is -1.89. The number of nitrogen functional groups attached to an aromatic ring is 1. The lowest BCUT2D eigenvalue weighted by Crippen LogP contribution is -2.28. The summed E-state index contributed by atoms with van der Waals surface area (Å²) in [6.45, 7) is -0.498. The van der Waals surface area contributed by atoms with E-state index in [2.05, 4.69) is 10.1 Å². The van der Waals surface area contributed by atoms with Gasteiger partial charge in [0.2, 0.25) is 0 Å². The first-order valence-corrected chi connectivity index (χ1v) is 5.62. The maximum Gasteiger partial charge on any atom is 0.261 e. The molecule has 5 nitrogen and oxygen atoms in total. The number of benzene rings is 1. The van der Waals surface area contributed by atoms with E-state index >= 15 is 0 Å². The number of amides is 1. The molecule has 0 aliphatic carbocycles.